The number of rotatable bonds is 4. The molecule has 15 heavy (non-hydrogen) atoms. The Labute approximate surface area is 95.1 Å². The van der Waals surface area contributed by atoms with Crippen molar-refractivity contribution < 1.29 is 5.11 Å². The fourth-order valence-electron chi connectivity index (χ4n) is 1.16. The maximum absolute atomic E-state index is 9.02. The van der Waals surface area contributed by atoms with E-state index in [4.69, 9.17) is 10.8 Å². The molecular weight excluding hydrogens is 208 g/mol. The highest BCUT2D eigenvalue weighted by molar-refractivity contribution is 7.99. The molecule has 0 saturated carbocycles. The van der Waals surface area contributed by atoms with Crippen LogP contribution in [0.4, 0.5) is 0 Å². The molecule has 3 N–H and O–H groups in total. The number of hydrogen-bond acceptors (Lipinski definition) is 4. The number of aromatic nitrogens is 1. The Hall–Kier alpha value is -0.580. The SMILES string of the molecule is Cc1cc(C)nc(SCC(C)(N)CO)c1. The molecule has 1 aromatic heterocycles. The van der Waals surface area contributed by atoms with Gasteiger partial charge >= 0.3 is 0 Å². The van der Waals surface area contributed by atoms with Crippen LogP contribution < -0.4 is 5.73 Å². The lowest BCUT2D eigenvalue weighted by Gasteiger charge is -2.20. The predicted molar refractivity (Wildman–Crippen MR) is 64.1 cm³/mol. The Morgan fingerprint density at radius 3 is 2.67 bits per heavy atom. The smallest absolute Gasteiger partial charge is 0.0966 e. The van der Waals surface area contributed by atoms with Gasteiger partial charge in [0, 0.05) is 17.0 Å². The van der Waals surface area contributed by atoms with Gasteiger partial charge in [-0.3, -0.25) is 0 Å². The van der Waals surface area contributed by atoms with Gasteiger partial charge in [0.2, 0.25) is 0 Å². The quantitative estimate of drug-likeness (QED) is 0.764. The molecular formula is C11H18N2OS. The highest BCUT2D eigenvalue weighted by Crippen LogP contribution is 2.20. The molecule has 0 bridgehead atoms. The summed E-state index contributed by atoms with van der Waals surface area (Å²) >= 11 is 1.58. The van der Waals surface area contributed by atoms with Crippen LogP contribution in [-0.4, -0.2) is 28.0 Å². The van der Waals surface area contributed by atoms with E-state index in [2.05, 4.69) is 4.98 Å². The van der Waals surface area contributed by atoms with Crippen molar-refractivity contribution >= 4 is 11.8 Å². The van der Waals surface area contributed by atoms with E-state index in [0.717, 1.165) is 10.7 Å². The lowest BCUT2D eigenvalue weighted by molar-refractivity contribution is 0.224. The Morgan fingerprint density at radius 1 is 1.47 bits per heavy atom. The van der Waals surface area contributed by atoms with Crippen LogP contribution in [0.1, 0.15) is 18.2 Å². The second-order valence-electron chi connectivity index (χ2n) is 4.22. The van der Waals surface area contributed by atoms with Crippen LogP contribution in [0.3, 0.4) is 0 Å². The molecule has 0 aromatic carbocycles. The van der Waals surface area contributed by atoms with Crippen molar-refractivity contribution in [2.75, 3.05) is 12.4 Å². The number of nitrogens with two attached hydrogens (primary N) is 1. The average Bonchev–Trinajstić information content (AvgIpc) is 2.14. The molecule has 1 aromatic rings. The zero-order valence-corrected chi connectivity index (χ0v) is 10.3. The fourth-order valence-corrected chi connectivity index (χ4v) is 2.21. The van der Waals surface area contributed by atoms with Crippen LogP contribution >= 0.6 is 11.8 Å². The van der Waals surface area contributed by atoms with Crippen LogP contribution in [0, 0.1) is 13.8 Å². The zero-order valence-electron chi connectivity index (χ0n) is 9.45. The first-order valence-electron chi connectivity index (χ1n) is 4.91. The van der Waals surface area contributed by atoms with E-state index in [1.54, 1.807) is 11.8 Å². The number of hydrogen-bond donors (Lipinski definition) is 2. The Morgan fingerprint density at radius 2 is 2.13 bits per heavy atom. The summed E-state index contributed by atoms with van der Waals surface area (Å²) in [6, 6.07) is 4.07. The second kappa shape index (κ2) is 4.96. The second-order valence-corrected chi connectivity index (χ2v) is 5.22. The fraction of sp³-hybridized carbons (Fsp3) is 0.545. The third-order valence-corrected chi connectivity index (χ3v) is 3.29. The molecule has 0 radical (unpaired) electrons. The number of nitrogens with zero attached hydrogens (tertiary/aromatic N) is 1. The van der Waals surface area contributed by atoms with E-state index < -0.39 is 5.54 Å². The van der Waals surface area contributed by atoms with Crippen LogP contribution in [0.2, 0.25) is 0 Å². The molecule has 0 aliphatic rings. The van der Waals surface area contributed by atoms with Crippen molar-refractivity contribution in [2.45, 2.75) is 31.3 Å². The minimum atomic E-state index is -0.538. The number of aryl methyl sites for hydroxylation is 2. The van der Waals surface area contributed by atoms with Crippen molar-refractivity contribution in [1.82, 2.24) is 4.98 Å². The van der Waals surface area contributed by atoms with Gasteiger partial charge in [0.1, 0.15) is 0 Å². The Balaban J connectivity index is 2.65. The molecule has 4 heteroatoms. The van der Waals surface area contributed by atoms with Crippen molar-refractivity contribution in [3.8, 4) is 0 Å². The lowest BCUT2D eigenvalue weighted by atomic mass is 10.1. The van der Waals surface area contributed by atoms with Gasteiger partial charge in [-0.1, -0.05) is 0 Å². The van der Waals surface area contributed by atoms with E-state index in [1.165, 1.54) is 5.56 Å². The summed E-state index contributed by atoms with van der Waals surface area (Å²) in [7, 11) is 0. The van der Waals surface area contributed by atoms with E-state index in [9.17, 15) is 0 Å². The zero-order chi connectivity index (χ0) is 11.5. The minimum Gasteiger partial charge on any atom is -0.394 e. The minimum absolute atomic E-state index is 0.00913. The first-order chi connectivity index (χ1) is 6.93. The molecule has 1 heterocycles. The standard InChI is InChI=1S/C11H18N2OS/c1-8-4-9(2)13-10(5-8)15-7-11(3,12)6-14/h4-5,14H,6-7,12H2,1-3H3. The van der Waals surface area contributed by atoms with Crippen LogP contribution in [0.25, 0.3) is 0 Å². The van der Waals surface area contributed by atoms with E-state index in [1.807, 2.05) is 32.9 Å². The van der Waals surface area contributed by atoms with Crippen LogP contribution in [0.5, 0.6) is 0 Å². The summed E-state index contributed by atoms with van der Waals surface area (Å²) in [6.45, 7) is 5.85. The molecule has 3 nitrogen and oxygen atoms in total. The van der Waals surface area contributed by atoms with Gasteiger partial charge in [0.25, 0.3) is 0 Å². The summed E-state index contributed by atoms with van der Waals surface area (Å²) in [5.41, 5.74) is 7.52. The number of aliphatic hydroxyl groups is 1. The van der Waals surface area contributed by atoms with E-state index >= 15 is 0 Å². The number of pyridine rings is 1. The molecule has 1 atom stereocenters. The third kappa shape index (κ3) is 4.20. The molecule has 0 spiro atoms. The first-order valence-corrected chi connectivity index (χ1v) is 5.89. The highest BCUT2D eigenvalue weighted by Gasteiger charge is 2.17. The van der Waals surface area contributed by atoms with Crippen molar-refractivity contribution in [3.05, 3.63) is 23.4 Å². The summed E-state index contributed by atoms with van der Waals surface area (Å²) in [6.07, 6.45) is 0. The summed E-state index contributed by atoms with van der Waals surface area (Å²) in [4.78, 5) is 4.40. The van der Waals surface area contributed by atoms with Crippen molar-refractivity contribution in [2.24, 2.45) is 5.73 Å². The molecule has 84 valence electrons. The maximum Gasteiger partial charge on any atom is 0.0966 e. The van der Waals surface area contributed by atoms with Gasteiger partial charge in [-0.15, -0.1) is 11.8 Å². The molecule has 1 unspecified atom stereocenters. The summed E-state index contributed by atoms with van der Waals surface area (Å²) in [5, 5.41) is 9.99. The highest BCUT2D eigenvalue weighted by atomic mass is 32.2. The Kier molecular flexibility index (Phi) is 4.13. The van der Waals surface area contributed by atoms with E-state index in [0.29, 0.717) is 5.75 Å². The first kappa shape index (κ1) is 12.5. The molecule has 0 amide bonds. The largest absolute Gasteiger partial charge is 0.394 e. The van der Waals surface area contributed by atoms with Crippen LogP contribution in [-0.2, 0) is 0 Å². The third-order valence-electron chi connectivity index (χ3n) is 1.99. The summed E-state index contributed by atoms with van der Waals surface area (Å²) in [5.74, 6) is 0.666. The van der Waals surface area contributed by atoms with Gasteiger partial charge in [-0.2, -0.15) is 0 Å². The molecule has 0 aliphatic heterocycles. The summed E-state index contributed by atoms with van der Waals surface area (Å²) < 4.78 is 0. The molecule has 0 aliphatic carbocycles. The van der Waals surface area contributed by atoms with Crippen molar-refractivity contribution in [1.29, 1.82) is 0 Å². The normalized spacial score (nSPS) is 15.0. The lowest BCUT2D eigenvalue weighted by Crippen LogP contribution is -2.42. The number of thioether (sulfide) groups is 1. The molecule has 1 rings (SSSR count). The van der Waals surface area contributed by atoms with Crippen LogP contribution in [0.15, 0.2) is 17.2 Å². The van der Waals surface area contributed by atoms with Gasteiger partial charge in [-0.25, -0.2) is 4.98 Å². The van der Waals surface area contributed by atoms with Gasteiger partial charge in [0.05, 0.1) is 11.6 Å². The number of aliphatic hydroxyl groups excluding tert-OH is 1. The maximum atomic E-state index is 9.02. The molecule has 0 fully saturated rings. The molecule has 0 saturated heterocycles. The Bertz CT molecular complexity index is 319. The van der Waals surface area contributed by atoms with Gasteiger partial charge < -0.3 is 10.8 Å². The monoisotopic (exact) mass is 226 g/mol. The topological polar surface area (TPSA) is 59.1 Å². The van der Waals surface area contributed by atoms with Crippen molar-refractivity contribution in [3.63, 3.8) is 0 Å². The van der Waals surface area contributed by atoms with Gasteiger partial charge in [-0.05, 0) is 38.5 Å². The van der Waals surface area contributed by atoms with E-state index in [-0.39, 0.29) is 6.61 Å². The van der Waals surface area contributed by atoms with Gasteiger partial charge in [0.15, 0.2) is 0 Å². The average molecular weight is 226 g/mol. The predicted octanol–water partition coefficient (Wildman–Crippen LogP) is 1.50.